The van der Waals surface area contributed by atoms with Crippen LogP contribution in [0.4, 0.5) is 11.4 Å². The molecular formula is C13H16N4OS. The van der Waals surface area contributed by atoms with Crippen molar-refractivity contribution in [1.29, 1.82) is 0 Å². The lowest BCUT2D eigenvalue weighted by atomic mass is 10.1. The number of hydrogen-bond donors (Lipinski definition) is 3. The maximum Gasteiger partial charge on any atom is 0.251 e. The van der Waals surface area contributed by atoms with E-state index in [9.17, 15) is 4.79 Å². The van der Waals surface area contributed by atoms with Crippen molar-refractivity contribution in [2.24, 2.45) is 0 Å². The van der Waals surface area contributed by atoms with E-state index in [1.54, 1.807) is 18.2 Å². The number of nitrogens with one attached hydrogen (secondary N) is 1. The fourth-order valence-electron chi connectivity index (χ4n) is 1.72. The summed E-state index contributed by atoms with van der Waals surface area (Å²) >= 11 is 1.53. The van der Waals surface area contributed by atoms with Gasteiger partial charge < -0.3 is 16.8 Å². The molecule has 0 spiro atoms. The zero-order valence-corrected chi connectivity index (χ0v) is 11.6. The van der Waals surface area contributed by atoms with Crippen LogP contribution in [0.15, 0.2) is 23.6 Å². The average molecular weight is 276 g/mol. The second-order valence-corrected chi connectivity index (χ2v) is 5.30. The van der Waals surface area contributed by atoms with E-state index >= 15 is 0 Å². The van der Waals surface area contributed by atoms with Gasteiger partial charge in [0.15, 0.2) is 0 Å². The molecule has 19 heavy (non-hydrogen) atoms. The third kappa shape index (κ3) is 3.23. The standard InChI is InChI=1S/C13H16N4OS/c1-7-6-19-13(16-7)8(2)17-12(18)9-3-10(14)5-11(15)4-9/h3-6,8H,14-15H2,1-2H3,(H,17,18). The highest BCUT2D eigenvalue weighted by Crippen LogP contribution is 2.19. The van der Waals surface area contributed by atoms with Crippen LogP contribution in [0.25, 0.3) is 0 Å². The fourth-order valence-corrected chi connectivity index (χ4v) is 2.52. The van der Waals surface area contributed by atoms with Gasteiger partial charge in [-0.25, -0.2) is 4.98 Å². The Balaban J connectivity index is 2.12. The van der Waals surface area contributed by atoms with Gasteiger partial charge in [0.2, 0.25) is 0 Å². The highest BCUT2D eigenvalue weighted by atomic mass is 32.1. The number of anilines is 2. The van der Waals surface area contributed by atoms with Gasteiger partial charge in [-0.05, 0) is 32.0 Å². The molecule has 2 aromatic rings. The molecule has 1 amide bonds. The van der Waals surface area contributed by atoms with E-state index in [0.29, 0.717) is 16.9 Å². The second-order valence-electron chi connectivity index (χ2n) is 4.41. The predicted molar refractivity (Wildman–Crippen MR) is 78.0 cm³/mol. The molecule has 1 unspecified atom stereocenters. The maximum absolute atomic E-state index is 12.1. The van der Waals surface area contributed by atoms with Gasteiger partial charge in [0.1, 0.15) is 5.01 Å². The molecule has 0 saturated heterocycles. The molecule has 0 aliphatic heterocycles. The van der Waals surface area contributed by atoms with Crippen molar-refractivity contribution in [3.05, 3.63) is 39.8 Å². The highest BCUT2D eigenvalue weighted by molar-refractivity contribution is 7.09. The molecule has 5 N–H and O–H groups in total. The number of benzene rings is 1. The first kappa shape index (κ1) is 13.4. The first-order valence-corrected chi connectivity index (χ1v) is 6.72. The van der Waals surface area contributed by atoms with Crippen LogP contribution < -0.4 is 16.8 Å². The van der Waals surface area contributed by atoms with Crippen LogP contribution in [0.5, 0.6) is 0 Å². The summed E-state index contributed by atoms with van der Waals surface area (Å²) in [5, 5.41) is 5.71. The summed E-state index contributed by atoms with van der Waals surface area (Å²) in [4.78, 5) is 16.4. The topological polar surface area (TPSA) is 94.0 Å². The van der Waals surface area contributed by atoms with Crippen molar-refractivity contribution in [2.45, 2.75) is 19.9 Å². The van der Waals surface area contributed by atoms with E-state index in [0.717, 1.165) is 10.7 Å². The lowest BCUT2D eigenvalue weighted by molar-refractivity contribution is 0.0940. The summed E-state index contributed by atoms with van der Waals surface area (Å²) in [5.74, 6) is -0.209. The van der Waals surface area contributed by atoms with Crippen molar-refractivity contribution < 1.29 is 4.79 Å². The Bertz CT molecular complexity index is 588. The predicted octanol–water partition coefficient (Wildman–Crippen LogP) is 2.11. The van der Waals surface area contributed by atoms with E-state index in [1.165, 1.54) is 11.3 Å². The van der Waals surface area contributed by atoms with Crippen molar-refractivity contribution >= 4 is 28.6 Å². The maximum atomic E-state index is 12.1. The van der Waals surface area contributed by atoms with Crippen molar-refractivity contribution in [3.63, 3.8) is 0 Å². The third-order valence-electron chi connectivity index (χ3n) is 2.59. The third-order valence-corrected chi connectivity index (χ3v) is 3.74. The molecule has 100 valence electrons. The smallest absolute Gasteiger partial charge is 0.251 e. The molecular weight excluding hydrogens is 260 g/mol. The summed E-state index contributed by atoms with van der Waals surface area (Å²) in [6.45, 7) is 3.82. The zero-order valence-electron chi connectivity index (χ0n) is 10.8. The van der Waals surface area contributed by atoms with Crippen molar-refractivity contribution in [1.82, 2.24) is 10.3 Å². The molecule has 6 heteroatoms. The lowest BCUT2D eigenvalue weighted by Crippen LogP contribution is -2.26. The molecule has 2 rings (SSSR count). The molecule has 5 nitrogen and oxygen atoms in total. The highest BCUT2D eigenvalue weighted by Gasteiger charge is 2.14. The number of nitrogen functional groups attached to an aromatic ring is 2. The Morgan fingerprint density at radius 1 is 1.32 bits per heavy atom. The van der Waals surface area contributed by atoms with Crippen LogP contribution in [-0.4, -0.2) is 10.9 Å². The van der Waals surface area contributed by atoms with Gasteiger partial charge in [-0.3, -0.25) is 4.79 Å². The second kappa shape index (κ2) is 5.27. The van der Waals surface area contributed by atoms with Crippen LogP contribution in [0.1, 0.15) is 34.0 Å². The molecule has 0 fully saturated rings. The summed E-state index contributed by atoms with van der Waals surface area (Å²) in [7, 11) is 0. The van der Waals surface area contributed by atoms with Gasteiger partial charge >= 0.3 is 0 Å². The number of nitrogens with zero attached hydrogens (tertiary/aromatic N) is 1. The first-order chi connectivity index (χ1) is 8.95. The number of hydrogen-bond acceptors (Lipinski definition) is 5. The number of aromatic nitrogens is 1. The number of carbonyl (C=O) groups is 1. The zero-order chi connectivity index (χ0) is 14.0. The van der Waals surface area contributed by atoms with Gasteiger partial charge in [0, 0.05) is 28.0 Å². The van der Waals surface area contributed by atoms with Crippen LogP contribution >= 0.6 is 11.3 Å². The largest absolute Gasteiger partial charge is 0.399 e. The SMILES string of the molecule is Cc1csc(C(C)NC(=O)c2cc(N)cc(N)c2)n1. The average Bonchev–Trinajstić information content (AvgIpc) is 2.74. The number of rotatable bonds is 3. The molecule has 0 radical (unpaired) electrons. The number of aryl methyl sites for hydroxylation is 1. The molecule has 1 aromatic carbocycles. The summed E-state index contributed by atoms with van der Waals surface area (Å²) in [5.41, 5.74) is 13.7. The number of amides is 1. The normalized spacial score (nSPS) is 12.1. The minimum Gasteiger partial charge on any atom is -0.399 e. The molecule has 1 atom stereocenters. The summed E-state index contributed by atoms with van der Waals surface area (Å²) in [6.07, 6.45) is 0. The quantitative estimate of drug-likeness (QED) is 0.748. The lowest BCUT2D eigenvalue weighted by Gasteiger charge is -2.12. The number of carbonyl (C=O) groups excluding carboxylic acids is 1. The van der Waals surface area contributed by atoms with Crippen molar-refractivity contribution in [2.75, 3.05) is 11.5 Å². The molecule has 0 saturated carbocycles. The summed E-state index contributed by atoms with van der Waals surface area (Å²) in [6, 6.07) is 4.68. The Hall–Kier alpha value is -2.08. The van der Waals surface area contributed by atoms with E-state index in [1.807, 2.05) is 19.2 Å². The Kier molecular flexibility index (Phi) is 3.71. The van der Waals surface area contributed by atoms with E-state index in [4.69, 9.17) is 11.5 Å². The van der Waals surface area contributed by atoms with Gasteiger partial charge in [0.25, 0.3) is 5.91 Å². The van der Waals surface area contributed by atoms with E-state index in [2.05, 4.69) is 10.3 Å². The molecule has 1 aromatic heterocycles. The van der Waals surface area contributed by atoms with Gasteiger partial charge in [0.05, 0.1) is 6.04 Å². The minimum absolute atomic E-state index is 0.145. The van der Waals surface area contributed by atoms with Crippen molar-refractivity contribution in [3.8, 4) is 0 Å². The van der Waals surface area contributed by atoms with Crippen LogP contribution in [0.2, 0.25) is 0 Å². The first-order valence-electron chi connectivity index (χ1n) is 5.84. The monoisotopic (exact) mass is 276 g/mol. The Labute approximate surface area is 115 Å². The van der Waals surface area contributed by atoms with E-state index < -0.39 is 0 Å². The molecule has 0 aliphatic rings. The molecule has 0 aliphatic carbocycles. The minimum atomic E-state index is -0.209. The van der Waals surface area contributed by atoms with Crippen LogP contribution in [-0.2, 0) is 0 Å². The number of thiazole rings is 1. The van der Waals surface area contributed by atoms with Gasteiger partial charge in [-0.1, -0.05) is 0 Å². The number of nitrogens with two attached hydrogens (primary N) is 2. The fraction of sp³-hybridized carbons (Fsp3) is 0.231. The van der Waals surface area contributed by atoms with Gasteiger partial charge in [-0.2, -0.15) is 0 Å². The van der Waals surface area contributed by atoms with E-state index in [-0.39, 0.29) is 11.9 Å². The molecule has 1 heterocycles. The Morgan fingerprint density at radius 3 is 2.47 bits per heavy atom. The molecule has 0 bridgehead atoms. The van der Waals surface area contributed by atoms with Crippen LogP contribution in [0, 0.1) is 6.92 Å². The Morgan fingerprint density at radius 2 is 1.95 bits per heavy atom. The summed E-state index contributed by atoms with van der Waals surface area (Å²) < 4.78 is 0. The van der Waals surface area contributed by atoms with Gasteiger partial charge in [-0.15, -0.1) is 11.3 Å². The van der Waals surface area contributed by atoms with Crippen LogP contribution in [0.3, 0.4) is 0 Å².